The van der Waals surface area contributed by atoms with Gasteiger partial charge in [0.2, 0.25) is 0 Å². The highest BCUT2D eigenvalue weighted by atomic mass is 16.5. The minimum atomic E-state index is -0.0309. The van der Waals surface area contributed by atoms with Crippen LogP contribution in [0.1, 0.15) is 43.0 Å². The van der Waals surface area contributed by atoms with E-state index < -0.39 is 0 Å². The Morgan fingerprint density at radius 2 is 1.47 bits per heavy atom. The molecule has 0 atom stereocenters. The molecule has 0 aliphatic carbocycles. The number of rotatable bonds is 5. The molecule has 0 N–H and O–H groups in total. The van der Waals surface area contributed by atoms with Crippen molar-refractivity contribution in [3.8, 4) is 34.3 Å². The molecular formula is C45H38N4O2. The molecule has 250 valence electrons. The second-order valence-corrected chi connectivity index (χ2v) is 14.6. The number of nitrogens with zero attached hydrogens (tertiary/aromatic N) is 4. The number of hydrogen-bond donors (Lipinski definition) is 0. The number of hydrogen-bond acceptors (Lipinski definition) is 4. The van der Waals surface area contributed by atoms with Crippen LogP contribution in [0.3, 0.4) is 0 Å². The molecule has 0 saturated heterocycles. The van der Waals surface area contributed by atoms with Gasteiger partial charge in [0.1, 0.15) is 28.5 Å². The highest BCUT2D eigenvalue weighted by molar-refractivity contribution is 6.27. The van der Waals surface area contributed by atoms with Crippen molar-refractivity contribution in [1.82, 2.24) is 19.3 Å². The molecule has 0 radical (unpaired) electrons. The topological polar surface area (TPSA) is 58.0 Å². The number of aromatic nitrogens is 4. The van der Waals surface area contributed by atoms with Gasteiger partial charge in [-0.2, -0.15) is 5.10 Å². The molecule has 5 aromatic carbocycles. The average molecular weight is 667 g/mol. The summed E-state index contributed by atoms with van der Waals surface area (Å²) in [5, 5.41) is 9.42. The first kappa shape index (κ1) is 30.9. The molecule has 0 amide bonds. The molecular weight excluding hydrogens is 629 g/mol. The molecule has 0 spiro atoms. The SMILES string of the molecule is Cc1cc(C)c(-c2ccn(-c3cccc(Oc4ccc5c6c7c(ccc6n(-c6cc(C(C)(C)C)ccn6)c5c4)oc4ccccc47)c3)n2)c(C)c1. The summed E-state index contributed by atoms with van der Waals surface area (Å²) in [5.74, 6) is 2.32. The molecule has 0 aliphatic rings. The Balaban J connectivity index is 1.17. The van der Waals surface area contributed by atoms with E-state index in [2.05, 4.69) is 113 Å². The van der Waals surface area contributed by atoms with E-state index in [4.69, 9.17) is 19.2 Å². The van der Waals surface area contributed by atoms with Crippen LogP contribution in [0.5, 0.6) is 11.5 Å². The summed E-state index contributed by atoms with van der Waals surface area (Å²) in [5.41, 5.74) is 11.8. The summed E-state index contributed by atoms with van der Waals surface area (Å²) >= 11 is 0. The molecule has 0 saturated carbocycles. The standard InChI is InChI=1S/C45H38N4O2/c1-27-22-28(2)42(29(3)23-27)36-19-21-48(47-36)31-10-9-11-32(25-31)50-33-14-15-34-38(26-33)49(41-24-30(18-20-46-41)45(4,5)6)37-16-17-40-44(43(34)37)35-12-7-8-13-39(35)51-40/h7-26H,1-6H3. The summed E-state index contributed by atoms with van der Waals surface area (Å²) in [6.07, 6.45) is 3.92. The number of fused-ring (bicyclic) bond motifs is 7. The van der Waals surface area contributed by atoms with Gasteiger partial charge in [0, 0.05) is 51.6 Å². The maximum absolute atomic E-state index is 6.61. The van der Waals surface area contributed by atoms with Crippen molar-refractivity contribution in [1.29, 1.82) is 0 Å². The van der Waals surface area contributed by atoms with Gasteiger partial charge < -0.3 is 9.15 Å². The Kier molecular flexibility index (Phi) is 6.94. The van der Waals surface area contributed by atoms with Crippen LogP contribution in [0.2, 0.25) is 0 Å². The van der Waals surface area contributed by atoms with E-state index in [-0.39, 0.29) is 5.41 Å². The summed E-state index contributed by atoms with van der Waals surface area (Å²) in [6, 6.07) is 37.7. The summed E-state index contributed by atoms with van der Waals surface area (Å²) < 4.78 is 17.1. The lowest BCUT2D eigenvalue weighted by Crippen LogP contribution is -2.12. The highest BCUT2D eigenvalue weighted by Crippen LogP contribution is 2.42. The number of ether oxygens (including phenoxy) is 1. The van der Waals surface area contributed by atoms with Crippen LogP contribution >= 0.6 is 0 Å². The smallest absolute Gasteiger partial charge is 0.137 e. The van der Waals surface area contributed by atoms with Crippen molar-refractivity contribution in [3.63, 3.8) is 0 Å². The quantitative estimate of drug-likeness (QED) is 0.183. The second-order valence-electron chi connectivity index (χ2n) is 14.6. The third kappa shape index (κ3) is 5.18. The third-order valence-corrected chi connectivity index (χ3v) is 9.92. The minimum absolute atomic E-state index is 0.0309. The monoisotopic (exact) mass is 666 g/mol. The van der Waals surface area contributed by atoms with E-state index in [1.165, 1.54) is 27.8 Å². The highest BCUT2D eigenvalue weighted by Gasteiger charge is 2.22. The summed E-state index contributed by atoms with van der Waals surface area (Å²) in [6.45, 7) is 13.1. The molecule has 6 nitrogen and oxygen atoms in total. The van der Waals surface area contributed by atoms with Crippen molar-refractivity contribution in [2.24, 2.45) is 0 Å². The van der Waals surface area contributed by atoms with Crippen LogP contribution in [0, 0.1) is 20.8 Å². The van der Waals surface area contributed by atoms with Gasteiger partial charge in [-0.3, -0.25) is 4.57 Å². The fourth-order valence-electron chi connectivity index (χ4n) is 7.63. The maximum Gasteiger partial charge on any atom is 0.137 e. The van der Waals surface area contributed by atoms with Crippen LogP contribution in [-0.2, 0) is 5.41 Å². The van der Waals surface area contributed by atoms with Crippen LogP contribution in [0.4, 0.5) is 0 Å². The van der Waals surface area contributed by atoms with Gasteiger partial charge in [0.05, 0.1) is 22.4 Å². The number of para-hydroxylation sites is 1. The fourth-order valence-corrected chi connectivity index (χ4v) is 7.63. The van der Waals surface area contributed by atoms with E-state index in [9.17, 15) is 0 Å². The Morgan fingerprint density at radius 3 is 2.29 bits per heavy atom. The summed E-state index contributed by atoms with van der Waals surface area (Å²) in [7, 11) is 0. The van der Waals surface area contributed by atoms with Crippen molar-refractivity contribution in [3.05, 3.63) is 144 Å². The maximum atomic E-state index is 6.61. The first-order valence-corrected chi connectivity index (χ1v) is 17.4. The lowest BCUT2D eigenvalue weighted by molar-refractivity contribution is 0.483. The molecule has 0 bridgehead atoms. The van der Waals surface area contributed by atoms with Crippen LogP contribution in [0.15, 0.2) is 126 Å². The largest absolute Gasteiger partial charge is 0.457 e. The van der Waals surface area contributed by atoms with E-state index in [0.717, 1.165) is 72.4 Å². The Bertz CT molecular complexity index is 2790. The zero-order valence-electron chi connectivity index (χ0n) is 29.7. The predicted octanol–water partition coefficient (Wildman–Crippen LogP) is 11.9. The fraction of sp³-hybridized carbons (Fsp3) is 0.156. The molecule has 9 rings (SSSR count). The molecule has 51 heavy (non-hydrogen) atoms. The average Bonchev–Trinajstić information content (AvgIpc) is 3.82. The molecule has 4 aromatic heterocycles. The molecule has 6 heteroatoms. The van der Waals surface area contributed by atoms with Gasteiger partial charge >= 0.3 is 0 Å². The van der Waals surface area contributed by atoms with E-state index >= 15 is 0 Å². The van der Waals surface area contributed by atoms with Gasteiger partial charge in [0.25, 0.3) is 0 Å². The van der Waals surface area contributed by atoms with Crippen molar-refractivity contribution in [2.75, 3.05) is 0 Å². The third-order valence-electron chi connectivity index (χ3n) is 9.92. The minimum Gasteiger partial charge on any atom is -0.457 e. The molecule has 4 heterocycles. The van der Waals surface area contributed by atoms with Crippen LogP contribution in [-0.4, -0.2) is 19.3 Å². The van der Waals surface area contributed by atoms with E-state index in [1.807, 2.05) is 59.5 Å². The van der Waals surface area contributed by atoms with E-state index in [0.29, 0.717) is 0 Å². The van der Waals surface area contributed by atoms with Crippen molar-refractivity contribution in [2.45, 2.75) is 47.0 Å². The Morgan fingerprint density at radius 1 is 0.667 bits per heavy atom. The first-order valence-electron chi connectivity index (χ1n) is 17.4. The summed E-state index contributed by atoms with van der Waals surface area (Å²) in [4.78, 5) is 4.91. The number of benzene rings is 5. The van der Waals surface area contributed by atoms with Gasteiger partial charge in [-0.15, -0.1) is 0 Å². The Hall–Kier alpha value is -6.14. The molecule has 9 aromatic rings. The molecule has 0 fully saturated rings. The molecule has 0 unspecified atom stereocenters. The van der Waals surface area contributed by atoms with Gasteiger partial charge in [0.15, 0.2) is 0 Å². The van der Waals surface area contributed by atoms with Crippen molar-refractivity contribution >= 4 is 43.7 Å². The Labute approximate surface area is 296 Å². The van der Waals surface area contributed by atoms with Gasteiger partial charge in [-0.1, -0.05) is 62.7 Å². The van der Waals surface area contributed by atoms with E-state index in [1.54, 1.807) is 0 Å². The normalized spacial score (nSPS) is 12.1. The van der Waals surface area contributed by atoms with Crippen LogP contribution in [0.25, 0.3) is 66.5 Å². The van der Waals surface area contributed by atoms with Gasteiger partial charge in [-0.05, 0) is 104 Å². The first-order chi connectivity index (χ1) is 24.6. The number of furan rings is 1. The lowest BCUT2D eigenvalue weighted by Gasteiger charge is -2.20. The molecule has 0 aliphatic heterocycles. The zero-order valence-corrected chi connectivity index (χ0v) is 29.7. The number of aryl methyl sites for hydroxylation is 3. The predicted molar refractivity (Wildman–Crippen MR) is 208 cm³/mol. The second kappa shape index (κ2) is 11.5. The lowest BCUT2D eigenvalue weighted by atomic mass is 9.88. The van der Waals surface area contributed by atoms with Crippen molar-refractivity contribution < 1.29 is 9.15 Å². The number of pyridine rings is 1. The van der Waals surface area contributed by atoms with Crippen LogP contribution < -0.4 is 4.74 Å². The van der Waals surface area contributed by atoms with Gasteiger partial charge in [-0.25, -0.2) is 9.67 Å². The zero-order chi connectivity index (χ0) is 35.0.